The van der Waals surface area contributed by atoms with Crippen LogP contribution in [0.2, 0.25) is 0 Å². The summed E-state index contributed by atoms with van der Waals surface area (Å²) in [5.41, 5.74) is 3.63. The van der Waals surface area contributed by atoms with Crippen LogP contribution in [0, 0.1) is 6.92 Å². The monoisotopic (exact) mass is 392 g/mol. The molecule has 3 aromatic rings. The first-order valence-corrected chi connectivity index (χ1v) is 9.67. The molecule has 0 saturated carbocycles. The van der Waals surface area contributed by atoms with E-state index in [0.29, 0.717) is 16.8 Å². The molecule has 6 heteroatoms. The van der Waals surface area contributed by atoms with Gasteiger partial charge in [0.25, 0.3) is 5.91 Å². The van der Waals surface area contributed by atoms with Gasteiger partial charge in [0, 0.05) is 34.3 Å². The van der Waals surface area contributed by atoms with Crippen LogP contribution in [0.1, 0.15) is 31.8 Å². The Morgan fingerprint density at radius 1 is 1.07 bits per heavy atom. The van der Waals surface area contributed by atoms with Gasteiger partial charge in [0.2, 0.25) is 0 Å². The molecule has 5 nitrogen and oxygen atoms in total. The van der Waals surface area contributed by atoms with Crippen molar-refractivity contribution in [1.82, 2.24) is 4.98 Å². The normalized spacial score (nSPS) is 10.4. The number of benzene rings is 2. The van der Waals surface area contributed by atoms with Gasteiger partial charge in [0.15, 0.2) is 0 Å². The van der Waals surface area contributed by atoms with Crippen LogP contribution in [-0.4, -0.2) is 24.0 Å². The highest BCUT2D eigenvalue weighted by Crippen LogP contribution is 2.23. The van der Waals surface area contributed by atoms with Crippen LogP contribution < -0.4 is 5.32 Å². The van der Waals surface area contributed by atoms with Crippen molar-refractivity contribution < 1.29 is 14.3 Å². The van der Waals surface area contributed by atoms with Crippen molar-refractivity contribution in [2.24, 2.45) is 0 Å². The maximum Gasteiger partial charge on any atom is 0.337 e. The lowest BCUT2D eigenvalue weighted by Crippen LogP contribution is -2.13. The molecule has 0 unspecified atom stereocenters. The van der Waals surface area contributed by atoms with E-state index in [1.807, 2.05) is 37.4 Å². The minimum atomic E-state index is -0.402. The number of methoxy groups -OCH3 is 1. The van der Waals surface area contributed by atoms with Crippen LogP contribution in [-0.2, 0) is 10.5 Å². The van der Waals surface area contributed by atoms with E-state index in [1.165, 1.54) is 7.11 Å². The Bertz CT molecular complexity index is 973. The van der Waals surface area contributed by atoms with Crippen molar-refractivity contribution in [3.63, 3.8) is 0 Å². The molecule has 0 atom stereocenters. The molecule has 0 spiro atoms. The second-order valence-electron chi connectivity index (χ2n) is 6.15. The summed E-state index contributed by atoms with van der Waals surface area (Å²) in [5, 5.41) is 2.88. The standard InChI is InChI=1S/C22H20N2O3S/c1-15-12-18(22(26)27-2)7-10-20(15)24-21(25)17-5-8-19(9-6-17)28-14-16-4-3-11-23-13-16/h3-13H,14H2,1-2H3,(H,24,25). The van der Waals surface area contributed by atoms with Gasteiger partial charge < -0.3 is 10.1 Å². The van der Waals surface area contributed by atoms with Gasteiger partial charge in [0.05, 0.1) is 12.7 Å². The molecule has 3 rings (SSSR count). The summed E-state index contributed by atoms with van der Waals surface area (Å²) in [6, 6.07) is 16.5. The van der Waals surface area contributed by atoms with Crippen LogP contribution in [0.25, 0.3) is 0 Å². The Kier molecular flexibility index (Phi) is 6.45. The van der Waals surface area contributed by atoms with E-state index in [-0.39, 0.29) is 5.91 Å². The summed E-state index contributed by atoms with van der Waals surface area (Å²) >= 11 is 1.69. The fourth-order valence-corrected chi connectivity index (χ4v) is 3.43. The summed E-state index contributed by atoms with van der Waals surface area (Å²) in [6.45, 7) is 1.83. The maximum atomic E-state index is 12.5. The summed E-state index contributed by atoms with van der Waals surface area (Å²) < 4.78 is 4.71. The van der Waals surface area contributed by atoms with Gasteiger partial charge in [-0.3, -0.25) is 9.78 Å². The number of nitrogens with zero attached hydrogens (tertiary/aromatic N) is 1. The van der Waals surface area contributed by atoms with Crippen molar-refractivity contribution in [2.45, 2.75) is 17.6 Å². The number of anilines is 1. The fourth-order valence-electron chi connectivity index (χ4n) is 2.60. The smallest absolute Gasteiger partial charge is 0.337 e. The van der Waals surface area contributed by atoms with Crippen molar-refractivity contribution in [2.75, 3.05) is 12.4 Å². The largest absolute Gasteiger partial charge is 0.465 e. The molecule has 1 N–H and O–H groups in total. The molecule has 0 bridgehead atoms. The fraction of sp³-hybridized carbons (Fsp3) is 0.136. The Morgan fingerprint density at radius 2 is 1.82 bits per heavy atom. The quantitative estimate of drug-likeness (QED) is 0.486. The van der Waals surface area contributed by atoms with Gasteiger partial charge in [-0.2, -0.15) is 0 Å². The van der Waals surface area contributed by atoms with Crippen LogP contribution in [0.5, 0.6) is 0 Å². The van der Waals surface area contributed by atoms with Gasteiger partial charge in [-0.25, -0.2) is 4.79 Å². The molecule has 0 saturated heterocycles. The van der Waals surface area contributed by atoms with Crippen molar-refractivity contribution in [1.29, 1.82) is 0 Å². The number of esters is 1. The lowest BCUT2D eigenvalue weighted by Gasteiger charge is -2.10. The number of nitrogens with one attached hydrogen (secondary N) is 1. The van der Waals surface area contributed by atoms with Crippen LogP contribution in [0.4, 0.5) is 5.69 Å². The third-order valence-corrected chi connectivity index (χ3v) is 5.22. The number of aryl methyl sites for hydroxylation is 1. The molecule has 28 heavy (non-hydrogen) atoms. The first kappa shape index (κ1) is 19.6. The molecule has 0 fully saturated rings. The molecule has 0 aliphatic heterocycles. The van der Waals surface area contributed by atoms with Crippen LogP contribution in [0.15, 0.2) is 71.9 Å². The Hall–Kier alpha value is -3.12. The Labute approximate surface area is 168 Å². The van der Waals surface area contributed by atoms with E-state index < -0.39 is 5.97 Å². The molecule has 1 heterocycles. The molecule has 0 aliphatic rings. The summed E-state index contributed by atoms with van der Waals surface area (Å²) in [4.78, 5) is 29.3. The highest BCUT2D eigenvalue weighted by atomic mass is 32.2. The lowest BCUT2D eigenvalue weighted by molar-refractivity contribution is 0.0600. The number of rotatable bonds is 6. The first-order valence-electron chi connectivity index (χ1n) is 8.69. The van der Waals surface area contributed by atoms with Gasteiger partial charge in [-0.05, 0) is 66.6 Å². The second-order valence-corrected chi connectivity index (χ2v) is 7.20. The lowest BCUT2D eigenvalue weighted by atomic mass is 10.1. The van der Waals surface area contributed by atoms with Gasteiger partial charge in [-0.1, -0.05) is 6.07 Å². The molecule has 1 amide bonds. The third-order valence-electron chi connectivity index (χ3n) is 4.14. The number of aromatic nitrogens is 1. The van der Waals surface area contributed by atoms with Crippen LogP contribution in [0.3, 0.4) is 0 Å². The zero-order valence-corrected chi connectivity index (χ0v) is 16.5. The van der Waals surface area contributed by atoms with E-state index in [0.717, 1.165) is 21.8 Å². The second kappa shape index (κ2) is 9.19. The topological polar surface area (TPSA) is 68.3 Å². The van der Waals surface area contributed by atoms with E-state index in [2.05, 4.69) is 10.3 Å². The highest BCUT2D eigenvalue weighted by Gasteiger charge is 2.11. The number of ether oxygens (including phenoxy) is 1. The van der Waals surface area contributed by atoms with E-state index in [1.54, 1.807) is 48.3 Å². The molecule has 2 aromatic carbocycles. The van der Waals surface area contributed by atoms with Gasteiger partial charge in [0.1, 0.15) is 0 Å². The number of amides is 1. The third kappa shape index (κ3) is 4.98. The first-order chi connectivity index (χ1) is 13.6. The highest BCUT2D eigenvalue weighted by molar-refractivity contribution is 7.98. The summed E-state index contributed by atoms with van der Waals surface area (Å²) in [5.74, 6) is 0.226. The van der Waals surface area contributed by atoms with Crippen molar-refractivity contribution in [3.05, 3.63) is 89.2 Å². The number of hydrogen-bond acceptors (Lipinski definition) is 5. The number of thioether (sulfide) groups is 1. The summed E-state index contributed by atoms with van der Waals surface area (Å²) in [7, 11) is 1.34. The average Bonchev–Trinajstić information content (AvgIpc) is 2.74. The number of carbonyl (C=O) groups excluding carboxylic acids is 2. The van der Waals surface area contributed by atoms with E-state index in [4.69, 9.17) is 4.74 Å². The van der Waals surface area contributed by atoms with Crippen molar-refractivity contribution in [3.8, 4) is 0 Å². The minimum absolute atomic E-state index is 0.197. The van der Waals surface area contributed by atoms with Gasteiger partial charge in [-0.15, -0.1) is 11.8 Å². The number of carbonyl (C=O) groups is 2. The molecular weight excluding hydrogens is 372 g/mol. The van der Waals surface area contributed by atoms with Crippen molar-refractivity contribution >= 4 is 29.3 Å². The zero-order valence-electron chi connectivity index (χ0n) is 15.6. The zero-order chi connectivity index (χ0) is 19.9. The maximum absolute atomic E-state index is 12.5. The molecule has 1 aromatic heterocycles. The summed E-state index contributed by atoms with van der Waals surface area (Å²) in [6.07, 6.45) is 3.61. The predicted octanol–water partition coefficient (Wildman–Crippen LogP) is 4.72. The average molecular weight is 392 g/mol. The SMILES string of the molecule is COC(=O)c1ccc(NC(=O)c2ccc(SCc3cccnc3)cc2)c(C)c1. The Balaban J connectivity index is 1.62. The molecule has 0 radical (unpaired) electrons. The van der Waals surface area contributed by atoms with E-state index in [9.17, 15) is 9.59 Å². The predicted molar refractivity (Wildman–Crippen MR) is 111 cm³/mol. The molecular formula is C22H20N2O3S. The molecule has 0 aliphatic carbocycles. The van der Waals surface area contributed by atoms with E-state index >= 15 is 0 Å². The Morgan fingerprint density at radius 3 is 2.46 bits per heavy atom. The number of hydrogen-bond donors (Lipinski definition) is 1. The molecule has 142 valence electrons. The minimum Gasteiger partial charge on any atom is -0.465 e. The van der Waals surface area contributed by atoms with Gasteiger partial charge >= 0.3 is 5.97 Å². The number of pyridine rings is 1. The van der Waals surface area contributed by atoms with Crippen LogP contribution >= 0.6 is 11.8 Å².